The van der Waals surface area contributed by atoms with E-state index in [1.165, 1.54) is 0 Å². The van der Waals surface area contributed by atoms with Gasteiger partial charge in [-0.2, -0.15) is 0 Å². The number of rotatable bonds is 5. The molecule has 0 aliphatic heterocycles. The third kappa shape index (κ3) is 6.27. The van der Waals surface area contributed by atoms with E-state index in [-0.39, 0.29) is 0 Å². The second kappa shape index (κ2) is 7.27. The zero-order valence-electron chi connectivity index (χ0n) is 5.18. The molecule has 0 aliphatic rings. The summed E-state index contributed by atoms with van der Waals surface area (Å²) in [5, 5.41) is 3.16. The van der Waals surface area contributed by atoms with E-state index >= 15 is 0 Å². The van der Waals surface area contributed by atoms with Crippen molar-refractivity contribution in [1.82, 2.24) is 5.32 Å². The topological polar surface area (TPSA) is 32.3 Å². The molecule has 0 spiro atoms. The average Bonchev–Trinajstić information content (AvgIpc) is 1.81. The van der Waals surface area contributed by atoms with E-state index < -0.39 is 0 Å². The molecule has 50 valence electrons. The summed E-state index contributed by atoms with van der Waals surface area (Å²) in [4.78, 5) is 0. The highest BCUT2D eigenvalue weighted by atomic mass is 32.2. The Morgan fingerprint density at radius 3 is 2.88 bits per heavy atom. The Kier molecular flexibility index (Phi) is 7.52. The molecule has 0 saturated heterocycles. The summed E-state index contributed by atoms with van der Waals surface area (Å²) in [5.74, 6) is 0.840. The van der Waals surface area contributed by atoms with Crippen LogP contribution < -0.4 is 5.32 Å². The van der Waals surface area contributed by atoms with Crippen LogP contribution in [-0.4, -0.2) is 23.4 Å². The highest BCUT2D eigenvalue weighted by molar-refractivity contribution is 7.93. The lowest BCUT2D eigenvalue weighted by Gasteiger charge is -1.96. The van der Waals surface area contributed by atoms with Gasteiger partial charge in [0.1, 0.15) is 0 Å². The van der Waals surface area contributed by atoms with Crippen LogP contribution in [0.3, 0.4) is 0 Å². The minimum Gasteiger partial charge on any atom is -0.330 e. The van der Waals surface area contributed by atoms with Crippen molar-refractivity contribution >= 4 is 12.0 Å². The Morgan fingerprint density at radius 1 is 1.62 bits per heavy atom. The van der Waals surface area contributed by atoms with Gasteiger partial charge in [-0.05, 0) is 31.6 Å². The fourth-order valence-electron chi connectivity index (χ4n) is 0.438. The highest BCUT2D eigenvalue weighted by Gasteiger charge is 1.82. The summed E-state index contributed by atoms with van der Waals surface area (Å²) in [6.07, 6.45) is 1.05. The van der Waals surface area contributed by atoms with Crippen molar-refractivity contribution < 1.29 is 4.55 Å². The molecule has 0 saturated carbocycles. The molecule has 0 aromatic heterocycles. The van der Waals surface area contributed by atoms with Crippen LogP contribution in [0.15, 0.2) is 0 Å². The normalized spacial score (nSPS) is 9.75. The smallest absolute Gasteiger partial charge is 0.0207 e. The zero-order valence-corrected chi connectivity index (χ0v) is 6.00. The lowest BCUT2D eigenvalue weighted by atomic mass is 10.5. The van der Waals surface area contributed by atoms with Crippen molar-refractivity contribution in [3.05, 3.63) is 0 Å². The third-order valence-corrected chi connectivity index (χ3v) is 1.31. The lowest BCUT2D eigenvalue weighted by Crippen LogP contribution is -2.14. The molecule has 0 aliphatic carbocycles. The third-order valence-electron chi connectivity index (χ3n) is 0.839. The van der Waals surface area contributed by atoms with Gasteiger partial charge in [0, 0.05) is 5.75 Å². The van der Waals surface area contributed by atoms with Gasteiger partial charge in [0.15, 0.2) is 0 Å². The molecule has 0 atom stereocenters. The molecule has 0 radical (unpaired) electrons. The van der Waals surface area contributed by atoms with Crippen LogP contribution in [0, 0.1) is 0 Å². The largest absolute Gasteiger partial charge is 0.330 e. The first-order valence-corrected chi connectivity index (χ1v) is 3.83. The van der Waals surface area contributed by atoms with E-state index in [2.05, 4.69) is 12.2 Å². The first-order valence-electron chi connectivity index (χ1n) is 2.89. The van der Waals surface area contributed by atoms with Crippen LogP contribution >= 0.6 is 12.0 Å². The molecule has 3 heteroatoms. The Balaban J connectivity index is 2.53. The van der Waals surface area contributed by atoms with Crippen LogP contribution in [0.25, 0.3) is 0 Å². The molecule has 0 heterocycles. The fourth-order valence-corrected chi connectivity index (χ4v) is 0.712. The van der Waals surface area contributed by atoms with E-state index in [1.54, 1.807) is 0 Å². The molecule has 0 unspecified atom stereocenters. The van der Waals surface area contributed by atoms with Crippen molar-refractivity contribution in [2.24, 2.45) is 0 Å². The van der Waals surface area contributed by atoms with Crippen LogP contribution in [0.1, 0.15) is 13.3 Å². The average molecular weight is 135 g/mol. The lowest BCUT2D eigenvalue weighted by molar-refractivity contribution is 0.652. The van der Waals surface area contributed by atoms with Gasteiger partial charge in [-0.1, -0.05) is 6.92 Å². The maximum atomic E-state index is 8.25. The predicted molar refractivity (Wildman–Crippen MR) is 38.2 cm³/mol. The zero-order chi connectivity index (χ0) is 6.24. The molecule has 0 aromatic carbocycles. The summed E-state index contributed by atoms with van der Waals surface area (Å²) in [7, 11) is 0. The van der Waals surface area contributed by atoms with Crippen LogP contribution in [0.4, 0.5) is 0 Å². The molecule has 2 N–H and O–H groups in total. The summed E-state index contributed by atoms with van der Waals surface area (Å²) in [6, 6.07) is 0. The first kappa shape index (κ1) is 8.27. The van der Waals surface area contributed by atoms with Crippen LogP contribution in [0.5, 0.6) is 0 Å². The van der Waals surface area contributed by atoms with Crippen molar-refractivity contribution in [3.8, 4) is 0 Å². The van der Waals surface area contributed by atoms with E-state index in [0.29, 0.717) is 0 Å². The second-order valence-electron chi connectivity index (χ2n) is 1.54. The van der Waals surface area contributed by atoms with E-state index in [4.69, 9.17) is 4.55 Å². The van der Waals surface area contributed by atoms with Gasteiger partial charge >= 0.3 is 0 Å². The summed E-state index contributed by atoms with van der Waals surface area (Å²) < 4.78 is 8.25. The quantitative estimate of drug-likeness (QED) is 0.439. The van der Waals surface area contributed by atoms with Gasteiger partial charge in [-0.15, -0.1) is 0 Å². The SMILES string of the molecule is CCNCCCSO. The van der Waals surface area contributed by atoms with Gasteiger partial charge in [-0.3, -0.25) is 0 Å². The predicted octanol–water partition coefficient (Wildman–Crippen LogP) is 1.19. The molecule has 0 fully saturated rings. The summed E-state index contributed by atoms with van der Waals surface area (Å²) in [6.45, 7) is 4.12. The minimum absolute atomic E-state index is 0.840. The van der Waals surface area contributed by atoms with Gasteiger partial charge < -0.3 is 9.87 Å². The van der Waals surface area contributed by atoms with Crippen molar-refractivity contribution in [2.75, 3.05) is 18.8 Å². The Labute approximate surface area is 54.9 Å². The maximum absolute atomic E-state index is 8.25. The number of hydrogen-bond acceptors (Lipinski definition) is 3. The van der Waals surface area contributed by atoms with Crippen molar-refractivity contribution in [2.45, 2.75) is 13.3 Å². The minimum atomic E-state index is 0.840. The maximum Gasteiger partial charge on any atom is 0.0207 e. The molecule has 0 bridgehead atoms. The van der Waals surface area contributed by atoms with E-state index in [0.717, 1.165) is 37.3 Å². The molecule has 0 rings (SSSR count). The molecule has 8 heavy (non-hydrogen) atoms. The highest BCUT2D eigenvalue weighted by Crippen LogP contribution is 1.91. The van der Waals surface area contributed by atoms with Gasteiger partial charge in [0.25, 0.3) is 0 Å². The summed E-state index contributed by atoms with van der Waals surface area (Å²) >= 11 is 0.912. The van der Waals surface area contributed by atoms with Crippen LogP contribution in [0.2, 0.25) is 0 Å². The first-order chi connectivity index (χ1) is 3.91. The van der Waals surface area contributed by atoms with E-state index in [1.807, 2.05) is 0 Å². The molecular weight excluding hydrogens is 122 g/mol. The summed E-state index contributed by atoms with van der Waals surface area (Å²) in [5.41, 5.74) is 0. The van der Waals surface area contributed by atoms with E-state index in [9.17, 15) is 0 Å². The number of hydrogen-bond donors (Lipinski definition) is 2. The molecule has 0 amide bonds. The molecule has 0 aromatic rings. The monoisotopic (exact) mass is 135 g/mol. The Morgan fingerprint density at radius 2 is 2.38 bits per heavy atom. The Bertz CT molecular complexity index is 37.4. The fraction of sp³-hybridized carbons (Fsp3) is 1.00. The van der Waals surface area contributed by atoms with Crippen molar-refractivity contribution in [3.63, 3.8) is 0 Å². The van der Waals surface area contributed by atoms with Gasteiger partial charge in [0.2, 0.25) is 0 Å². The van der Waals surface area contributed by atoms with Crippen LogP contribution in [-0.2, 0) is 0 Å². The second-order valence-corrected chi connectivity index (χ2v) is 2.21. The van der Waals surface area contributed by atoms with Crippen molar-refractivity contribution in [1.29, 1.82) is 0 Å². The standard InChI is InChI=1S/C5H13NOS/c1-2-6-4-3-5-8-7/h6-7H,2-5H2,1H3. The van der Waals surface area contributed by atoms with Gasteiger partial charge in [0.05, 0.1) is 0 Å². The molecule has 2 nitrogen and oxygen atoms in total. The van der Waals surface area contributed by atoms with Gasteiger partial charge in [-0.25, -0.2) is 0 Å². The Hall–Kier alpha value is 0.270. The number of nitrogens with one attached hydrogen (secondary N) is 1. The molecular formula is C5H13NOS.